The summed E-state index contributed by atoms with van der Waals surface area (Å²) in [5.41, 5.74) is 7.97. The topological polar surface area (TPSA) is 43.8 Å². The molecule has 1 heterocycles. The molecule has 0 saturated heterocycles. The lowest BCUT2D eigenvalue weighted by Gasteiger charge is -2.11. The van der Waals surface area contributed by atoms with Crippen molar-refractivity contribution in [1.29, 1.82) is 0 Å². The van der Waals surface area contributed by atoms with Crippen LogP contribution in [0.3, 0.4) is 0 Å². The molecule has 2 N–H and O–H groups in total. The summed E-state index contributed by atoms with van der Waals surface area (Å²) in [7, 11) is 0. The Bertz CT molecular complexity index is 520. The summed E-state index contributed by atoms with van der Waals surface area (Å²) in [4.78, 5) is 4.40. The molecule has 0 aliphatic heterocycles. The Morgan fingerprint density at radius 2 is 2.17 bits per heavy atom. The minimum absolute atomic E-state index is 0.679. The van der Waals surface area contributed by atoms with Gasteiger partial charge in [0.25, 0.3) is 0 Å². The van der Waals surface area contributed by atoms with Crippen molar-refractivity contribution in [1.82, 2.24) is 9.55 Å². The van der Waals surface area contributed by atoms with Crippen LogP contribution in [0.5, 0.6) is 0 Å². The standard InChI is InChI=1S/C14H18BrN3/c1-2-3-14-17-8-9-18(14)13-5-4-11(6-7-16)10-12(13)15/h4-5,8-10H,2-3,6-7,16H2,1H3. The number of aryl methyl sites for hydroxylation is 1. The normalized spacial score (nSPS) is 10.8. The quantitative estimate of drug-likeness (QED) is 0.922. The second kappa shape index (κ2) is 6.16. The first-order chi connectivity index (χ1) is 8.76. The Morgan fingerprint density at radius 3 is 2.83 bits per heavy atom. The number of nitrogens with zero attached hydrogens (tertiary/aromatic N) is 2. The van der Waals surface area contributed by atoms with E-state index in [2.05, 4.69) is 50.6 Å². The number of imidazole rings is 1. The second-order valence-electron chi connectivity index (χ2n) is 4.29. The molecule has 0 radical (unpaired) electrons. The van der Waals surface area contributed by atoms with Crippen LogP contribution in [0, 0.1) is 0 Å². The Morgan fingerprint density at radius 1 is 1.33 bits per heavy atom. The van der Waals surface area contributed by atoms with E-state index in [0.717, 1.165) is 35.2 Å². The lowest BCUT2D eigenvalue weighted by atomic mass is 10.1. The zero-order chi connectivity index (χ0) is 13.0. The number of halogens is 1. The highest BCUT2D eigenvalue weighted by Gasteiger charge is 2.08. The Hall–Kier alpha value is -1.13. The average Bonchev–Trinajstić information content (AvgIpc) is 2.78. The minimum Gasteiger partial charge on any atom is -0.330 e. The predicted octanol–water partition coefficient (Wildman–Crippen LogP) is 3.09. The van der Waals surface area contributed by atoms with Crippen LogP contribution in [-0.2, 0) is 12.8 Å². The van der Waals surface area contributed by atoms with Crippen molar-refractivity contribution in [2.75, 3.05) is 6.54 Å². The molecule has 0 aliphatic carbocycles. The smallest absolute Gasteiger partial charge is 0.113 e. The first-order valence-corrected chi connectivity index (χ1v) is 7.06. The summed E-state index contributed by atoms with van der Waals surface area (Å²) in [6, 6.07) is 6.39. The largest absolute Gasteiger partial charge is 0.330 e. The van der Waals surface area contributed by atoms with E-state index in [-0.39, 0.29) is 0 Å². The van der Waals surface area contributed by atoms with Crippen LogP contribution in [-0.4, -0.2) is 16.1 Å². The van der Waals surface area contributed by atoms with Gasteiger partial charge in [-0.2, -0.15) is 0 Å². The van der Waals surface area contributed by atoms with Gasteiger partial charge >= 0.3 is 0 Å². The number of aromatic nitrogens is 2. The molecule has 96 valence electrons. The third kappa shape index (κ3) is 2.82. The summed E-state index contributed by atoms with van der Waals surface area (Å²) >= 11 is 3.63. The molecule has 0 aliphatic rings. The molecule has 18 heavy (non-hydrogen) atoms. The molecule has 0 bridgehead atoms. The maximum Gasteiger partial charge on any atom is 0.113 e. The van der Waals surface area contributed by atoms with Crippen molar-refractivity contribution < 1.29 is 0 Å². The van der Waals surface area contributed by atoms with E-state index < -0.39 is 0 Å². The molecular weight excluding hydrogens is 290 g/mol. The van der Waals surface area contributed by atoms with Crippen LogP contribution in [0.2, 0.25) is 0 Å². The molecule has 4 heteroatoms. The molecule has 2 rings (SSSR count). The highest BCUT2D eigenvalue weighted by molar-refractivity contribution is 9.10. The molecule has 0 fully saturated rings. The van der Waals surface area contributed by atoms with Crippen LogP contribution >= 0.6 is 15.9 Å². The molecule has 0 saturated carbocycles. The van der Waals surface area contributed by atoms with Gasteiger partial charge in [0.1, 0.15) is 5.82 Å². The number of rotatable bonds is 5. The molecule has 1 aromatic carbocycles. The first-order valence-electron chi connectivity index (χ1n) is 6.27. The van der Waals surface area contributed by atoms with E-state index in [1.165, 1.54) is 5.56 Å². The zero-order valence-electron chi connectivity index (χ0n) is 10.6. The number of nitrogens with two attached hydrogens (primary N) is 1. The Labute approximate surface area is 116 Å². The molecule has 1 aromatic heterocycles. The fourth-order valence-corrected chi connectivity index (χ4v) is 2.65. The summed E-state index contributed by atoms with van der Waals surface area (Å²) < 4.78 is 3.23. The fraction of sp³-hybridized carbons (Fsp3) is 0.357. The number of benzene rings is 1. The van der Waals surface area contributed by atoms with Crippen molar-refractivity contribution in [3.63, 3.8) is 0 Å². The van der Waals surface area contributed by atoms with E-state index >= 15 is 0 Å². The van der Waals surface area contributed by atoms with E-state index in [1.807, 2.05) is 12.4 Å². The van der Waals surface area contributed by atoms with E-state index in [9.17, 15) is 0 Å². The fourth-order valence-electron chi connectivity index (χ4n) is 2.03. The SMILES string of the molecule is CCCc1nccn1-c1ccc(CCN)cc1Br. The van der Waals surface area contributed by atoms with Crippen molar-refractivity contribution in [2.45, 2.75) is 26.2 Å². The monoisotopic (exact) mass is 307 g/mol. The van der Waals surface area contributed by atoms with Gasteiger partial charge < -0.3 is 10.3 Å². The maximum absolute atomic E-state index is 5.58. The summed E-state index contributed by atoms with van der Waals surface area (Å²) in [6.45, 7) is 2.84. The van der Waals surface area contributed by atoms with Crippen LogP contribution in [0.25, 0.3) is 5.69 Å². The van der Waals surface area contributed by atoms with Crippen LogP contribution in [0.15, 0.2) is 35.1 Å². The van der Waals surface area contributed by atoms with Gasteiger partial charge in [0.2, 0.25) is 0 Å². The molecule has 0 spiro atoms. The van der Waals surface area contributed by atoms with Gasteiger partial charge in [0.05, 0.1) is 5.69 Å². The highest BCUT2D eigenvalue weighted by Crippen LogP contribution is 2.24. The maximum atomic E-state index is 5.58. The second-order valence-corrected chi connectivity index (χ2v) is 5.14. The van der Waals surface area contributed by atoms with Crippen LogP contribution in [0.1, 0.15) is 24.7 Å². The minimum atomic E-state index is 0.679. The van der Waals surface area contributed by atoms with E-state index in [1.54, 1.807) is 0 Å². The molecular formula is C14H18BrN3. The average molecular weight is 308 g/mol. The first kappa shape index (κ1) is 13.3. The summed E-state index contributed by atoms with van der Waals surface area (Å²) in [6.07, 6.45) is 6.85. The van der Waals surface area contributed by atoms with Gasteiger partial charge in [-0.3, -0.25) is 0 Å². The molecule has 3 nitrogen and oxygen atoms in total. The van der Waals surface area contributed by atoms with E-state index in [0.29, 0.717) is 6.54 Å². The Balaban J connectivity index is 2.35. The van der Waals surface area contributed by atoms with Gasteiger partial charge in [-0.05, 0) is 53.0 Å². The molecule has 2 aromatic rings. The van der Waals surface area contributed by atoms with Crippen molar-refractivity contribution in [2.24, 2.45) is 5.73 Å². The van der Waals surface area contributed by atoms with Gasteiger partial charge in [-0.1, -0.05) is 13.0 Å². The lowest BCUT2D eigenvalue weighted by molar-refractivity contribution is 0.807. The highest BCUT2D eigenvalue weighted by atomic mass is 79.9. The van der Waals surface area contributed by atoms with Crippen LogP contribution < -0.4 is 5.73 Å². The molecule has 0 unspecified atom stereocenters. The van der Waals surface area contributed by atoms with Crippen molar-refractivity contribution in [3.05, 3.63) is 46.5 Å². The van der Waals surface area contributed by atoms with Crippen LogP contribution in [0.4, 0.5) is 0 Å². The molecule has 0 amide bonds. The van der Waals surface area contributed by atoms with Gasteiger partial charge in [-0.15, -0.1) is 0 Å². The summed E-state index contributed by atoms with van der Waals surface area (Å²) in [5.74, 6) is 1.10. The van der Waals surface area contributed by atoms with Crippen molar-refractivity contribution >= 4 is 15.9 Å². The summed E-state index contributed by atoms with van der Waals surface area (Å²) in [5, 5.41) is 0. The lowest BCUT2D eigenvalue weighted by Crippen LogP contribution is -2.04. The van der Waals surface area contributed by atoms with Gasteiger partial charge in [-0.25, -0.2) is 4.98 Å². The van der Waals surface area contributed by atoms with Crippen molar-refractivity contribution in [3.8, 4) is 5.69 Å². The number of hydrogen-bond donors (Lipinski definition) is 1. The molecule has 0 atom stereocenters. The van der Waals surface area contributed by atoms with E-state index in [4.69, 9.17) is 5.73 Å². The number of hydrogen-bond acceptors (Lipinski definition) is 2. The Kier molecular flexibility index (Phi) is 4.55. The van der Waals surface area contributed by atoms with Gasteiger partial charge in [0.15, 0.2) is 0 Å². The predicted molar refractivity (Wildman–Crippen MR) is 78.0 cm³/mol. The zero-order valence-corrected chi connectivity index (χ0v) is 12.2. The third-order valence-electron chi connectivity index (χ3n) is 2.90. The van der Waals surface area contributed by atoms with Gasteiger partial charge in [0, 0.05) is 23.3 Å². The third-order valence-corrected chi connectivity index (χ3v) is 3.53.